The molecule has 0 saturated carbocycles. The fraction of sp³-hybridized carbons (Fsp3) is 0. The lowest BCUT2D eigenvalue weighted by Crippen LogP contribution is -1.98. The highest BCUT2D eigenvalue weighted by Gasteiger charge is 2.26. The van der Waals surface area contributed by atoms with Crippen molar-refractivity contribution in [2.45, 2.75) is 0 Å². The number of aromatic nitrogens is 2. The van der Waals surface area contributed by atoms with Crippen LogP contribution in [0.3, 0.4) is 0 Å². The van der Waals surface area contributed by atoms with Gasteiger partial charge >= 0.3 is 0 Å². The van der Waals surface area contributed by atoms with Crippen molar-refractivity contribution in [3.05, 3.63) is 135 Å². The van der Waals surface area contributed by atoms with Crippen LogP contribution in [0.1, 0.15) is 0 Å². The Morgan fingerprint density at radius 3 is 2.05 bits per heavy atom. The van der Waals surface area contributed by atoms with E-state index in [2.05, 4.69) is 131 Å². The second-order valence-electron chi connectivity index (χ2n) is 9.88. The summed E-state index contributed by atoms with van der Waals surface area (Å²) in [7, 11) is 0. The molecular weight excluding hydrogens is 492 g/mol. The van der Waals surface area contributed by atoms with Crippen molar-refractivity contribution in [1.82, 2.24) is 9.13 Å². The summed E-state index contributed by atoms with van der Waals surface area (Å²) in [4.78, 5) is 0. The summed E-state index contributed by atoms with van der Waals surface area (Å²) in [6.45, 7) is 8.45. The van der Waals surface area contributed by atoms with E-state index in [1.807, 2.05) is 17.4 Å². The van der Waals surface area contributed by atoms with E-state index >= 15 is 0 Å². The van der Waals surface area contributed by atoms with Crippen LogP contribution in [0.4, 0.5) is 0 Å². The lowest BCUT2D eigenvalue weighted by atomic mass is 10.0. The van der Waals surface area contributed by atoms with Gasteiger partial charge in [0.1, 0.15) is 0 Å². The minimum atomic E-state index is 0.908. The summed E-state index contributed by atoms with van der Waals surface area (Å²) >= 11 is 1.90. The first kappa shape index (κ1) is 22.2. The highest BCUT2D eigenvalue weighted by atomic mass is 32.1. The molecule has 0 aliphatic carbocycles. The maximum Gasteiger partial charge on any atom is 0.0803 e. The van der Waals surface area contributed by atoms with Gasteiger partial charge in [-0.1, -0.05) is 98.1 Å². The van der Waals surface area contributed by atoms with Crippen LogP contribution >= 0.6 is 11.3 Å². The monoisotopic (exact) mass is 516 g/mol. The van der Waals surface area contributed by atoms with Gasteiger partial charge in [0.05, 0.1) is 22.1 Å². The molecule has 39 heavy (non-hydrogen) atoms. The normalized spacial score (nSPS) is 12.2. The van der Waals surface area contributed by atoms with Gasteiger partial charge in [0.15, 0.2) is 0 Å². The van der Waals surface area contributed by atoms with Crippen LogP contribution in [0.5, 0.6) is 0 Å². The zero-order valence-electron chi connectivity index (χ0n) is 21.3. The second kappa shape index (κ2) is 8.32. The molecule has 0 aliphatic rings. The van der Waals surface area contributed by atoms with E-state index < -0.39 is 0 Å². The molecule has 0 fully saturated rings. The fourth-order valence-corrected chi connectivity index (χ4v) is 7.55. The van der Waals surface area contributed by atoms with E-state index in [0.29, 0.717) is 0 Å². The van der Waals surface area contributed by atoms with Crippen LogP contribution in [-0.4, -0.2) is 9.13 Å². The molecule has 0 radical (unpaired) electrons. The van der Waals surface area contributed by atoms with Crippen LogP contribution in [0.15, 0.2) is 135 Å². The Kier molecular flexibility index (Phi) is 4.73. The van der Waals surface area contributed by atoms with E-state index in [1.165, 1.54) is 58.3 Å². The number of allylic oxidation sites excluding steroid dienone is 4. The first-order valence-corrected chi connectivity index (χ1v) is 13.9. The zero-order chi connectivity index (χ0) is 26.1. The molecule has 0 unspecified atom stereocenters. The van der Waals surface area contributed by atoms with Gasteiger partial charge in [-0.05, 0) is 36.4 Å². The lowest BCUT2D eigenvalue weighted by Gasteiger charge is -2.13. The summed E-state index contributed by atoms with van der Waals surface area (Å²) in [6, 6.07) is 37.1. The van der Waals surface area contributed by atoms with Crippen LogP contribution in [0, 0.1) is 0 Å². The van der Waals surface area contributed by atoms with E-state index in [0.717, 1.165) is 16.9 Å². The maximum atomic E-state index is 4.55. The average molecular weight is 517 g/mol. The molecule has 0 spiro atoms. The van der Waals surface area contributed by atoms with Gasteiger partial charge in [0.25, 0.3) is 0 Å². The lowest BCUT2D eigenvalue weighted by molar-refractivity contribution is 1.17. The van der Waals surface area contributed by atoms with E-state index in [4.69, 9.17) is 0 Å². The third-order valence-corrected chi connectivity index (χ3v) is 8.96. The summed E-state index contributed by atoms with van der Waals surface area (Å²) in [5.74, 6) is 0. The van der Waals surface area contributed by atoms with Crippen LogP contribution in [0.25, 0.3) is 75.2 Å². The summed E-state index contributed by atoms with van der Waals surface area (Å²) in [5.41, 5.74) is 6.80. The minimum absolute atomic E-state index is 0.908. The number of nitrogens with zero attached hydrogens (tertiary/aromatic N) is 2. The number of hydrogen-bond acceptors (Lipinski definition) is 1. The van der Waals surface area contributed by atoms with Gasteiger partial charge < -0.3 is 9.13 Å². The average Bonchev–Trinajstić information content (AvgIpc) is 3.64. The molecule has 2 nitrogen and oxygen atoms in total. The molecule has 3 heterocycles. The molecule has 0 atom stereocenters. The van der Waals surface area contributed by atoms with Crippen molar-refractivity contribution >= 4 is 80.8 Å². The molecule has 5 aromatic carbocycles. The topological polar surface area (TPSA) is 9.86 Å². The highest BCUT2D eigenvalue weighted by Crippen LogP contribution is 2.50. The minimum Gasteiger partial charge on any atom is -0.308 e. The quantitative estimate of drug-likeness (QED) is 0.206. The Morgan fingerprint density at radius 1 is 0.641 bits per heavy atom. The van der Waals surface area contributed by atoms with Gasteiger partial charge in [0, 0.05) is 53.1 Å². The number of para-hydroxylation sites is 3. The molecular formula is C36H24N2S. The van der Waals surface area contributed by atoms with Crippen molar-refractivity contribution in [2.75, 3.05) is 0 Å². The molecule has 0 saturated heterocycles. The molecule has 0 bridgehead atoms. The number of hydrogen-bond donors (Lipinski definition) is 0. The molecule has 184 valence electrons. The summed E-state index contributed by atoms with van der Waals surface area (Å²) < 4.78 is 7.42. The SMILES string of the molecule is C=C/C=C\C(=C)n1c2ccccc2c2c3c4ccccc4sc3c3c4ccccc4n(-c4ccccc4)c3c21. The maximum absolute atomic E-state index is 4.55. The molecule has 0 N–H and O–H groups in total. The largest absolute Gasteiger partial charge is 0.308 e. The molecule has 0 aliphatic heterocycles. The second-order valence-corrected chi connectivity index (χ2v) is 10.9. The first-order chi connectivity index (χ1) is 19.3. The third-order valence-electron chi connectivity index (χ3n) is 7.77. The van der Waals surface area contributed by atoms with Crippen LogP contribution in [0.2, 0.25) is 0 Å². The molecule has 0 amide bonds. The van der Waals surface area contributed by atoms with Gasteiger partial charge in [-0.25, -0.2) is 0 Å². The van der Waals surface area contributed by atoms with E-state index in [9.17, 15) is 0 Å². The summed E-state index contributed by atoms with van der Waals surface area (Å²) in [6.07, 6.45) is 5.82. The standard InChI is InChI=1S/C36H24N2S/c1-3-4-14-23(2)37-28-20-11-8-17-25(28)31-32-27-19-10-13-22-30(27)39-36(32)33-26-18-9-12-21-29(26)38(35(33)34(31)37)24-15-6-5-7-16-24/h3-22H,1-2H2/b14-4-. The number of rotatable bonds is 4. The Balaban J connectivity index is 1.78. The molecule has 3 aromatic heterocycles. The van der Waals surface area contributed by atoms with Crippen LogP contribution < -0.4 is 0 Å². The predicted octanol–water partition coefficient (Wildman–Crippen LogP) is 10.5. The van der Waals surface area contributed by atoms with Gasteiger partial charge in [-0.2, -0.15) is 0 Å². The summed E-state index contributed by atoms with van der Waals surface area (Å²) in [5, 5.41) is 7.70. The Hall–Kier alpha value is -4.86. The molecule has 8 rings (SSSR count). The Bertz CT molecular complexity index is 2310. The van der Waals surface area contributed by atoms with Crippen molar-refractivity contribution in [3.8, 4) is 5.69 Å². The Morgan fingerprint density at radius 2 is 1.28 bits per heavy atom. The van der Waals surface area contributed by atoms with Crippen molar-refractivity contribution in [1.29, 1.82) is 0 Å². The van der Waals surface area contributed by atoms with Gasteiger partial charge in [-0.3, -0.25) is 0 Å². The van der Waals surface area contributed by atoms with E-state index in [-0.39, 0.29) is 0 Å². The number of thiophene rings is 1. The van der Waals surface area contributed by atoms with Crippen molar-refractivity contribution in [3.63, 3.8) is 0 Å². The molecule has 3 heteroatoms. The zero-order valence-corrected chi connectivity index (χ0v) is 22.1. The fourth-order valence-electron chi connectivity index (χ4n) is 6.28. The Labute approximate surface area is 229 Å². The smallest absolute Gasteiger partial charge is 0.0803 e. The van der Waals surface area contributed by atoms with Crippen molar-refractivity contribution < 1.29 is 0 Å². The van der Waals surface area contributed by atoms with Gasteiger partial charge in [-0.15, -0.1) is 11.3 Å². The highest BCUT2D eigenvalue weighted by molar-refractivity contribution is 7.27. The first-order valence-electron chi connectivity index (χ1n) is 13.1. The van der Waals surface area contributed by atoms with Crippen molar-refractivity contribution in [2.24, 2.45) is 0 Å². The van der Waals surface area contributed by atoms with E-state index in [1.54, 1.807) is 6.08 Å². The molecule has 8 aromatic rings. The van der Waals surface area contributed by atoms with Crippen LogP contribution in [-0.2, 0) is 0 Å². The van der Waals surface area contributed by atoms with Gasteiger partial charge in [0.2, 0.25) is 0 Å². The number of fused-ring (bicyclic) bond motifs is 12. The number of benzene rings is 5. The third kappa shape index (κ3) is 2.96. The predicted molar refractivity (Wildman–Crippen MR) is 171 cm³/mol.